The molecule has 0 aliphatic heterocycles. The lowest BCUT2D eigenvalue weighted by molar-refractivity contribution is 0.0916. The minimum atomic E-state index is -0.151. The minimum Gasteiger partial charge on any atom is -0.348 e. The standard InChI is InChI=1S/C13H18ClN3O/c1-8-4-3-5-10(6-8)16-12(18)11-7-9(2)15-13(14)17-11/h7-8,10H,3-6H2,1-2H3,(H,16,18). The molecule has 0 saturated heterocycles. The molecule has 2 rings (SSSR count). The van der Waals surface area contributed by atoms with E-state index in [0.717, 1.165) is 12.8 Å². The molecule has 1 amide bonds. The lowest BCUT2D eigenvalue weighted by Crippen LogP contribution is -2.38. The average molecular weight is 268 g/mol. The number of hydrogen-bond acceptors (Lipinski definition) is 3. The predicted octanol–water partition coefficient (Wildman–Crippen LogP) is 2.75. The number of carbonyl (C=O) groups excluding carboxylic acids is 1. The molecule has 0 radical (unpaired) electrons. The summed E-state index contributed by atoms with van der Waals surface area (Å²) in [6.07, 6.45) is 4.53. The first-order valence-corrected chi connectivity index (χ1v) is 6.74. The van der Waals surface area contributed by atoms with Crippen molar-refractivity contribution in [3.8, 4) is 0 Å². The number of aromatic nitrogens is 2. The van der Waals surface area contributed by atoms with Crippen LogP contribution < -0.4 is 5.32 Å². The van der Waals surface area contributed by atoms with Gasteiger partial charge in [0.05, 0.1) is 0 Å². The third-order valence-electron chi connectivity index (χ3n) is 3.33. The molecule has 0 bridgehead atoms. The van der Waals surface area contributed by atoms with Crippen LogP contribution in [0.1, 0.15) is 48.8 Å². The molecular weight excluding hydrogens is 250 g/mol. The molecule has 1 aliphatic rings. The minimum absolute atomic E-state index is 0.122. The molecule has 1 saturated carbocycles. The zero-order valence-electron chi connectivity index (χ0n) is 10.7. The fourth-order valence-corrected chi connectivity index (χ4v) is 2.70. The largest absolute Gasteiger partial charge is 0.348 e. The van der Waals surface area contributed by atoms with Gasteiger partial charge in [-0.1, -0.05) is 19.8 Å². The Labute approximate surface area is 112 Å². The van der Waals surface area contributed by atoms with E-state index in [1.807, 2.05) is 0 Å². The fraction of sp³-hybridized carbons (Fsp3) is 0.615. The normalized spacial score (nSPS) is 23.7. The van der Waals surface area contributed by atoms with Crippen molar-refractivity contribution in [2.75, 3.05) is 0 Å². The van der Waals surface area contributed by atoms with Crippen LogP contribution in [-0.2, 0) is 0 Å². The van der Waals surface area contributed by atoms with E-state index in [-0.39, 0.29) is 17.2 Å². The first-order chi connectivity index (χ1) is 8.54. The van der Waals surface area contributed by atoms with Crippen molar-refractivity contribution < 1.29 is 4.79 Å². The average Bonchev–Trinajstić information content (AvgIpc) is 2.27. The van der Waals surface area contributed by atoms with Crippen molar-refractivity contribution in [2.24, 2.45) is 5.92 Å². The third-order valence-corrected chi connectivity index (χ3v) is 3.50. The van der Waals surface area contributed by atoms with Crippen LogP contribution in [0.4, 0.5) is 0 Å². The Morgan fingerprint density at radius 1 is 1.44 bits per heavy atom. The van der Waals surface area contributed by atoms with Crippen LogP contribution in [0.25, 0.3) is 0 Å². The van der Waals surface area contributed by atoms with E-state index in [2.05, 4.69) is 22.2 Å². The molecule has 2 unspecified atom stereocenters. The highest BCUT2D eigenvalue weighted by Crippen LogP contribution is 2.23. The van der Waals surface area contributed by atoms with Crippen molar-refractivity contribution in [3.05, 3.63) is 22.7 Å². The number of amides is 1. The summed E-state index contributed by atoms with van der Waals surface area (Å²) in [7, 11) is 0. The van der Waals surface area contributed by atoms with Crippen molar-refractivity contribution in [2.45, 2.75) is 45.6 Å². The van der Waals surface area contributed by atoms with Gasteiger partial charge in [-0.15, -0.1) is 0 Å². The van der Waals surface area contributed by atoms with Gasteiger partial charge in [0, 0.05) is 11.7 Å². The summed E-state index contributed by atoms with van der Waals surface area (Å²) in [5, 5.41) is 3.15. The highest BCUT2D eigenvalue weighted by molar-refractivity contribution is 6.28. The summed E-state index contributed by atoms with van der Waals surface area (Å²) in [5.74, 6) is 0.529. The highest BCUT2D eigenvalue weighted by atomic mass is 35.5. The number of aryl methyl sites for hydroxylation is 1. The van der Waals surface area contributed by atoms with Crippen LogP contribution in [0.15, 0.2) is 6.07 Å². The molecule has 1 fully saturated rings. The van der Waals surface area contributed by atoms with E-state index in [0.29, 0.717) is 17.3 Å². The number of halogens is 1. The second-order valence-electron chi connectivity index (χ2n) is 5.11. The lowest BCUT2D eigenvalue weighted by atomic mass is 9.87. The third kappa shape index (κ3) is 3.42. The second kappa shape index (κ2) is 5.65. The maximum Gasteiger partial charge on any atom is 0.270 e. The molecule has 5 heteroatoms. The molecule has 1 aliphatic carbocycles. The van der Waals surface area contributed by atoms with Crippen LogP contribution in [0.2, 0.25) is 5.28 Å². The molecule has 1 N–H and O–H groups in total. The molecule has 0 aromatic carbocycles. The first kappa shape index (κ1) is 13.3. The van der Waals surface area contributed by atoms with Gasteiger partial charge < -0.3 is 5.32 Å². The molecule has 1 aromatic heterocycles. The van der Waals surface area contributed by atoms with E-state index < -0.39 is 0 Å². The molecule has 2 atom stereocenters. The molecule has 98 valence electrons. The molecule has 0 spiro atoms. The van der Waals surface area contributed by atoms with Gasteiger partial charge in [0.2, 0.25) is 5.28 Å². The lowest BCUT2D eigenvalue weighted by Gasteiger charge is -2.27. The van der Waals surface area contributed by atoms with Crippen molar-refractivity contribution in [1.82, 2.24) is 15.3 Å². The highest BCUT2D eigenvalue weighted by Gasteiger charge is 2.21. The smallest absolute Gasteiger partial charge is 0.270 e. The molecular formula is C13H18ClN3O. The van der Waals surface area contributed by atoms with E-state index in [4.69, 9.17) is 11.6 Å². The van der Waals surface area contributed by atoms with Crippen LogP contribution in [-0.4, -0.2) is 21.9 Å². The number of rotatable bonds is 2. The first-order valence-electron chi connectivity index (χ1n) is 6.36. The monoisotopic (exact) mass is 267 g/mol. The van der Waals surface area contributed by atoms with Gasteiger partial charge in [0.25, 0.3) is 5.91 Å². The Kier molecular flexibility index (Phi) is 4.17. The molecule has 1 aromatic rings. The van der Waals surface area contributed by atoms with E-state index in [1.54, 1.807) is 13.0 Å². The van der Waals surface area contributed by atoms with E-state index in [9.17, 15) is 4.79 Å². The van der Waals surface area contributed by atoms with Crippen molar-refractivity contribution in [1.29, 1.82) is 0 Å². The van der Waals surface area contributed by atoms with Crippen molar-refractivity contribution in [3.63, 3.8) is 0 Å². The van der Waals surface area contributed by atoms with Gasteiger partial charge in [0.1, 0.15) is 5.69 Å². The van der Waals surface area contributed by atoms with E-state index in [1.165, 1.54) is 12.8 Å². The molecule has 1 heterocycles. The SMILES string of the molecule is Cc1cc(C(=O)NC2CCCC(C)C2)nc(Cl)n1. The zero-order valence-corrected chi connectivity index (χ0v) is 11.5. The van der Waals surface area contributed by atoms with Crippen molar-refractivity contribution >= 4 is 17.5 Å². The number of hydrogen-bond donors (Lipinski definition) is 1. The number of nitrogens with zero attached hydrogens (tertiary/aromatic N) is 2. The van der Waals surface area contributed by atoms with Gasteiger partial charge >= 0.3 is 0 Å². The molecule has 4 nitrogen and oxygen atoms in total. The fourth-order valence-electron chi connectivity index (χ4n) is 2.47. The van der Waals surface area contributed by atoms with Gasteiger partial charge in [-0.05, 0) is 43.4 Å². The Morgan fingerprint density at radius 3 is 2.89 bits per heavy atom. The summed E-state index contributed by atoms with van der Waals surface area (Å²) in [6.45, 7) is 4.02. The van der Waals surface area contributed by atoms with Crippen LogP contribution >= 0.6 is 11.6 Å². The quantitative estimate of drug-likeness (QED) is 0.839. The van der Waals surface area contributed by atoms with Gasteiger partial charge in [-0.2, -0.15) is 0 Å². The van der Waals surface area contributed by atoms with Gasteiger partial charge in [-0.3, -0.25) is 4.79 Å². The Balaban J connectivity index is 2.02. The Hall–Kier alpha value is -1.16. The predicted molar refractivity (Wildman–Crippen MR) is 70.7 cm³/mol. The van der Waals surface area contributed by atoms with Crippen LogP contribution in [0.5, 0.6) is 0 Å². The Morgan fingerprint density at radius 2 is 2.22 bits per heavy atom. The van der Waals surface area contributed by atoms with Crippen LogP contribution in [0, 0.1) is 12.8 Å². The summed E-state index contributed by atoms with van der Waals surface area (Å²) in [6, 6.07) is 1.92. The number of carbonyl (C=O) groups is 1. The zero-order chi connectivity index (χ0) is 13.1. The maximum atomic E-state index is 12.1. The summed E-state index contributed by atoms with van der Waals surface area (Å²) >= 11 is 5.76. The second-order valence-corrected chi connectivity index (χ2v) is 5.44. The summed E-state index contributed by atoms with van der Waals surface area (Å²) < 4.78 is 0. The van der Waals surface area contributed by atoms with E-state index >= 15 is 0 Å². The maximum absolute atomic E-state index is 12.1. The van der Waals surface area contributed by atoms with Gasteiger partial charge in [0.15, 0.2) is 0 Å². The summed E-state index contributed by atoms with van der Waals surface area (Å²) in [4.78, 5) is 20.0. The summed E-state index contributed by atoms with van der Waals surface area (Å²) in [5.41, 5.74) is 1.06. The number of nitrogens with one attached hydrogen (secondary N) is 1. The molecule has 18 heavy (non-hydrogen) atoms. The van der Waals surface area contributed by atoms with Crippen LogP contribution in [0.3, 0.4) is 0 Å². The topological polar surface area (TPSA) is 54.9 Å². The van der Waals surface area contributed by atoms with Gasteiger partial charge in [-0.25, -0.2) is 9.97 Å². The Bertz CT molecular complexity index is 430.